The number of hydrogen-bond donors (Lipinski definition) is 3. The van der Waals surface area contributed by atoms with E-state index in [1.807, 2.05) is 23.6 Å². The Labute approximate surface area is 212 Å². The molecule has 1 saturated heterocycles. The van der Waals surface area contributed by atoms with E-state index in [2.05, 4.69) is 10.6 Å². The highest BCUT2D eigenvalue weighted by molar-refractivity contribution is 7.80. The quantitative estimate of drug-likeness (QED) is 0.429. The van der Waals surface area contributed by atoms with E-state index in [9.17, 15) is 19.1 Å². The fourth-order valence-corrected chi connectivity index (χ4v) is 4.68. The van der Waals surface area contributed by atoms with Gasteiger partial charge in [-0.1, -0.05) is 0 Å². The number of fused-ring (bicyclic) bond motifs is 1. The van der Waals surface area contributed by atoms with Gasteiger partial charge in [0.05, 0.1) is 16.9 Å². The van der Waals surface area contributed by atoms with Crippen molar-refractivity contribution in [3.05, 3.63) is 63.9 Å². The number of aromatic carboxylic acids is 1. The molecule has 1 aliphatic rings. The van der Waals surface area contributed by atoms with Gasteiger partial charge in [-0.05, 0) is 56.4 Å². The van der Waals surface area contributed by atoms with Crippen LogP contribution in [0.3, 0.4) is 0 Å². The molecule has 0 radical (unpaired) electrons. The molecule has 11 heteroatoms. The van der Waals surface area contributed by atoms with Crippen molar-refractivity contribution < 1.29 is 18.7 Å². The Morgan fingerprint density at radius 3 is 2.25 bits per heavy atom. The molecule has 0 unspecified atom stereocenters. The zero-order valence-electron chi connectivity index (χ0n) is 20.0. The number of aromatic nitrogens is 1. The molecule has 0 spiro atoms. The molecule has 0 amide bonds. The summed E-state index contributed by atoms with van der Waals surface area (Å²) in [5, 5.41) is 15.7. The number of thiocarbonyl (C=S) groups is 1. The van der Waals surface area contributed by atoms with Crippen LogP contribution in [0.5, 0.6) is 0 Å². The van der Waals surface area contributed by atoms with Crippen LogP contribution in [0.25, 0.3) is 10.9 Å². The topological polar surface area (TPSA) is 89.8 Å². The van der Waals surface area contributed by atoms with Gasteiger partial charge in [0.25, 0.3) is 0 Å². The lowest BCUT2D eigenvalue weighted by Crippen LogP contribution is -2.47. The minimum atomic E-state index is -1.35. The Morgan fingerprint density at radius 1 is 1.03 bits per heavy atom. The number of carboxylic acids is 1. The van der Waals surface area contributed by atoms with Crippen LogP contribution in [0.4, 0.5) is 25.8 Å². The molecule has 36 heavy (non-hydrogen) atoms. The number of carboxylic acid groups (broad SMARTS) is 1. The summed E-state index contributed by atoms with van der Waals surface area (Å²) >= 11 is 5.14. The molecule has 4 rings (SSSR count). The number of piperazine rings is 1. The summed E-state index contributed by atoms with van der Waals surface area (Å²) < 4.78 is 31.6. The minimum absolute atomic E-state index is 0.0287. The third-order valence-electron chi connectivity index (χ3n) is 6.22. The van der Waals surface area contributed by atoms with Crippen molar-refractivity contribution in [2.75, 3.05) is 47.8 Å². The van der Waals surface area contributed by atoms with E-state index >= 15 is 4.39 Å². The maximum absolute atomic E-state index is 15.1. The lowest BCUT2D eigenvalue weighted by atomic mass is 10.1. The number of rotatable bonds is 6. The number of pyridine rings is 1. The molecular formula is C25H27F2N5O3S. The molecule has 3 N–H and O–H groups in total. The SMILES string of the molecule is CCNC(=S)Nc1ccc(N2CCN(c3cc4c(cc3F)c(=O)c(C(=O)O)cn4CC)CC2)c(F)c1. The molecule has 0 saturated carbocycles. The number of nitrogens with one attached hydrogen (secondary N) is 2. The fraction of sp³-hybridized carbons (Fsp3) is 0.320. The average Bonchev–Trinajstić information content (AvgIpc) is 2.84. The smallest absolute Gasteiger partial charge is 0.341 e. The Hall–Kier alpha value is -3.73. The van der Waals surface area contributed by atoms with E-state index in [-0.39, 0.29) is 11.2 Å². The standard InChI is InChI=1S/C25H27F2N5O3S/c1-3-28-25(36)29-15-5-6-20(18(26)11-15)31-7-9-32(10-8-31)22-13-21-16(12-19(22)27)23(33)17(24(34)35)14-30(21)4-2/h5-6,11-14H,3-4,7-10H2,1-2H3,(H,34,35)(H2,28,29,36). The van der Waals surface area contributed by atoms with Crippen molar-refractivity contribution in [2.45, 2.75) is 20.4 Å². The first-order valence-corrected chi connectivity index (χ1v) is 12.1. The van der Waals surface area contributed by atoms with Crippen LogP contribution in [0.15, 0.2) is 41.3 Å². The largest absolute Gasteiger partial charge is 0.477 e. The second-order valence-corrected chi connectivity index (χ2v) is 8.82. The molecule has 1 aliphatic heterocycles. The Kier molecular flexibility index (Phi) is 7.39. The predicted molar refractivity (Wildman–Crippen MR) is 142 cm³/mol. The van der Waals surface area contributed by atoms with Gasteiger partial charge in [0.2, 0.25) is 5.43 Å². The number of halogens is 2. The fourth-order valence-electron chi connectivity index (χ4n) is 4.42. The van der Waals surface area contributed by atoms with E-state index in [0.29, 0.717) is 67.0 Å². The molecule has 3 aromatic rings. The van der Waals surface area contributed by atoms with Gasteiger partial charge in [0.15, 0.2) is 5.11 Å². The molecule has 0 bridgehead atoms. The van der Waals surface area contributed by atoms with Gasteiger partial charge in [0.1, 0.15) is 17.2 Å². The van der Waals surface area contributed by atoms with Crippen LogP contribution in [0.2, 0.25) is 0 Å². The molecule has 0 aliphatic carbocycles. The third kappa shape index (κ3) is 4.97. The zero-order valence-corrected chi connectivity index (χ0v) is 20.8. The third-order valence-corrected chi connectivity index (χ3v) is 6.47. The summed E-state index contributed by atoms with van der Waals surface area (Å²) in [6, 6.07) is 7.54. The van der Waals surface area contributed by atoms with Gasteiger partial charge in [-0.25, -0.2) is 13.6 Å². The number of carbonyl (C=O) groups is 1. The van der Waals surface area contributed by atoms with Crippen molar-refractivity contribution in [1.29, 1.82) is 0 Å². The summed E-state index contributed by atoms with van der Waals surface area (Å²) in [4.78, 5) is 27.8. The second kappa shape index (κ2) is 10.5. The van der Waals surface area contributed by atoms with Crippen molar-refractivity contribution in [2.24, 2.45) is 0 Å². The van der Waals surface area contributed by atoms with Crippen LogP contribution in [-0.4, -0.2) is 53.5 Å². The number of benzene rings is 2. The molecule has 1 fully saturated rings. The summed E-state index contributed by atoms with van der Waals surface area (Å²) in [5.41, 5.74) is 0.690. The first kappa shape index (κ1) is 25.4. The van der Waals surface area contributed by atoms with E-state index in [4.69, 9.17) is 12.2 Å². The van der Waals surface area contributed by atoms with E-state index in [1.54, 1.807) is 22.8 Å². The van der Waals surface area contributed by atoms with Gasteiger partial charge in [0, 0.05) is 56.5 Å². The summed E-state index contributed by atoms with van der Waals surface area (Å²) in [6.45, 7) is 6.63. The summed E-state index contributed by atoms with van der Waals surface area (Å²) in [5.74, 6) is -2.33. The first-order chi connectivity index (χ1) is 17.2. The maximum Gasteiger partial charge on any atom is 0.341 e. The Balaban J connectivity index is 1.54. The highest BCUT2D eigenvalue weighted by Crippen LogP contribution is 2.29. The van der Waals surface area contributed by atoms with Crippen LogP contribution in [0.1, 0.15) is 24.2 Å². The lowest BCUT2D eigenvalue weighted by Gasteiger charge is -2.37. The van der Waals surface area contributed by atoms with Gasteiger partial charge in [-0.15, -0.1) is 0 Å². The maximum atomic E-state index is 15.1. The Morgan fingerprint density at radius 2 is 1.67 bits per heavy atom. The van der Waals surface area contributed by atoms with Crippen LogP contribution in [-0.2, 0) is 6.54 Å². The van der Waals surface area contributed by atoms with E-state index in [1.165, 1.54) is 12.3 Å². The average molecular weight is 516 g/mol. The molecule has 2 heterocycles. The van der Waals surface area contributed by atoms with Crippen molar-refractivity contribution in [3.63, 3.8) is 0 Å². The van der Waals surface area contributed by atoms with Crippen molar-refractivity contribution in [3.8, 4) is 0 Å². The number of aryl methyl sites for hydroxylation is 1. The second-order valence-electron chi connectivity index (χ2n) is 8.41. The first-order valence-electron chi connectivity index (χ1n) is 11.7. The van der Waals surface area contributed by atoms with Crippen molar-refractivity contribution >= 4 is 51.3 Å². The predicted octanol–water partition coefficient (Wildman–Crippen LogP) is 3.63. The Bertz CT molecular complexity index is 1390. The highest BCUT2D eigenvalue weighted by atomic mass is 32.1. The van der Waals surface area contributed by atoms with Crippen LogP contribution in [0, 0.1) is 11.6 Å². The number of hydrogen-bond acceptors (Lipinski definition) is 5. The summed E-state index contributed by atoms with van der Waals surface area (Å²) in [7, 11) is 0. The van der Waals surface area contributed by atoms with Crippen molar-refractivity contribution in [1.82, 2.24) is 9.88 Å². The van der Waals surface area contributed by atoms with Gasteiger partial charge in [-0.3, -0.25) is 4.79 Å². The highest BCUT2D eigenvalue weighted by Gasteiger charge is 2.24. The van der Waals surface area contributed by atoms with Gasteiger partial charge >= 0.3 is 5.97 Å². The minimum Gasteiger partial charge on any atom is -0.477 e. The van der Waals surface area contributed by atoms with Crippen LogP contribution >= 0.6 is 12.2 Å². The molecule has 190 valence electrons. The number of nitrogens with zero attached hydrogens (tertiary/aromatic N) is 3. The normalized spacial score (nSPS) is 13.7. The summed E-state index contributed by atoms with van der Waals surface area (Å²) in [6.07, 6.45) is 1.29. The monoisotopic (exact) mass is 515 g/mol. The number of anilines is 3. The van der Waals surface area contributed by atoms with E-state index in [0.717, 1.165) is 6.07 Å². The molecular weight excluding hydrogens is 488 g/mol. The molecule has 1 aromatic heterocycles. The zero-order chi connectivity index (χ0) is 26.0. The van der Waals surface area contributed by atoms with E-state index < -0.39 is 22.8 Å². The molecule has 2 aromatic carbocycles. The molecule has 0 atom stereocenters. The van der Waals surface area contributed by atoms with Crippen LogP contribution < -0.4 is 25.9 Å². The lowest BCUT2D eigenvalue weighted by molar-refractivity contribution is 0.0695. The van der Waals surface area contributed by atoms with Gasteiger partial charge < -0.3 is 30.1 Å². The molecule has 8 nitrogen and oxygen atoms in total. The van der Waals surface area contributed by atoms with Gasteiger partial charge in [-0.2, -0.15) is 0 Å².